The molecule has 0 radical (unpaired) electrons. The Morgan fingerprint density at radius 1 is 1.64 bits per heavy atom. The topological polar surface area (TPSA) is 64.1 Å². The van der Waals surface area contributed by atoms with Crippen molar-refractivity contribution in [1.29, 1.82) is 0 Å². The Bertz CT molecular complexity index is 260. The van der Waals surface area contributed by atoms with Crippen LogP contribution in [0.15, 0.2) is 12.4 Å². The zero-order chi connectivity index (χ0) is 10.4. The monoisotopic (exact) mass is 197 g/mol. The lowest BCUT2D eigenvalue weighted by Gasteiger charge is -2.12. The standard InChI is InChI=1S/C10H19N3O/c1-2-3-10-12-5-6-13(10)8-9(11)4-7-14/h5-6,9,14H,2-4,7-8,11H2,1H3. The molecule has 1 atom stereocenters. The predicted molar refractivity (Wildman–Crippen MR) is 55.9 cm³/mol. The van der Waals surface area contributed by atoms with E-state index in [0.717, 1.165) is 25.2 Å². The summed E-state index contributed by atoms with van der Waals surface area (Å²) in [6.45, 7) is 3.03. The highest BCUT2D eigenvalue weighted by atomic mass is 16.3. The molecule has 1 aromatic heterocycles. The minimum absolute atomic E-state index is 0.0183. The maximum absolute atomic E-state index is 8.73. The van der Waals surface area contributed by atoms with Crippen molar-refractivity contribution in [1.82, 2.24) is 9.55 Å². The molecule has 80 valence electrons. The molecule has 0 spiro atoms. The van der Waals surface area contributed by atoms with Crippen LogP contribution >= 0.6 is 0 Å². The van der Waals surface area contributed by atoms with Gasteiger partial charge in [-0.2, -0.15) is 0 Å². The summed E-state index contributed by atoms with van der Waals surface area (Å²) in [6, 6.07) is 0.0183. The average molecular weight is 197 g/mol. The van der Waals surface area contributed by atoms with Crippen LogP contribution in [0.5, 0.6) is 0 Å². The molecule has 0 amide bonds. The van der Waals surface area contributed by atoms with E-state index >= 15 is 0 Å². The third-order valence-corrected chi connectivity index (χ3v) is 2.21. The minimum atomic E-state index is 0.0183. The van der Waals surface area contributed by atoms with E-state index in [9.17, 15) is 0 Å². The number of aromatic nitrogens is 2. The third-order valence-electron chi connectivity index (χ3n) is 2.21. The first-order chi connectivity index (χ1) is 6.77. The van der Waals surface area contributed by atoms with Gasteiger partial charge in [0.25, 0.3) is 0 Å². The van der Waals surface area contributed by atoms with Crippen molar-refractivity contribution in [3.63, 3.8) is 0 Å². The second-order valence-corrected chi connectivity index (χ2v) is 3.52. The Morgan fingerprint density at radius 3 is 3.07 bits per heavy atom. The zero-order valence-electron chi connectivity index (χ0n) is 8.69. The first kappa shape index (κ1) is 11.2. The van der Waals surface area contributed by atoms with E-state index < -0.39 is 0 Å². The van der Waals surface area contributed by atoms with E-state index in [4.69, 9.17) is 10.8 Å². The minimum Gasteiger partial charge on any atom is -0.396 e. The second-order valence-electron chi connectivity index (χ2n) is 3.52. The van der Waals surface area contributed by atoms with Crippen LogP contribution in [-0.4, -0.2) is 27.3 Å². The molecule has 1 heterocycles. The zero-order valence-corrected chi connectivity index (χ0v) is 8.69. The maximum atomic E-state index is 8.73. The molecule has 3 N–H and O–H groups in total. The lowest BCUT2D eigenvalue weighted by Crippen LogP contribution is -2.27. The fourth-order valence-corrected chi connectivity index (χ4v) is 1.47. The summed E-state index contributed by atoms with van der Waals surface area (Å²) in [5.41, 5.74) is 5.83. The average Bonchev–Trinajstić information content (AvgIpc) is 2.54. The van der Waals surface area contributed by atoms with Gasteiger partial charge in [0.2, 0.25) is 0 Å². The van der Waals surface area contributed by atoms with Crippen LogP contribution in [0.3, 0.4) is 0 Å². The van der Waals surface area contributed by atoms with E-state index in [-0.39, 0.29) is 12.6 Å². The number of hydrogen-bond acceptors (Lipinski definition) is 3. The van der Waals surface area contributed by atoms with Crippen molar-refractivity contribution in [3.8, 4) is 0 Å². The van der Waals surface area contributed by atoms with Gasteiger partial charge < -0.3 is 15.4 Å². The molecule has 1 unspecified atom stereocenters. The summed E-state index contributed by atoms with van der Waals surface area (Å²) in [7, 11) is 0. The van der Waals surface area contributed by atoms with Gasteiger partial charge in [-0.25, -0.2) is 4.98 Å². The summed E-state index contributed by atoms with van der Waals surface area (Å²) in [4.78, 5) is 4.26. The molecule has 0 saturated heterocycles. The van der Waals surface area contributed by atoms with Gasteiger partial charge in [-0.15, -0.1) is 0 Å². The molecular weight excluding hydrogens is 178 g/mol. The maximum Gasteiger partial charge on any atom is 0.108 e. The number of aliphatic hydroxyl groups excluding tert-OH is 1. The SMILES string of the molecule is CCCc1nccn1CC(N)CCO. The summed E-state index contributed by atoms with van der Waals surface area (Å²) in [6.07, 6.45) is 6.47. The molecule has 0 aliphatic rings. The van der Waals surface area contributed by atoms with Crippen LogP contribution in [0, 0.1) is 0 Å². The quantitative estimate of drug-likeness (QED) is 0.700. The fraction of sp³-hybridized carbons (Fsp3) is 0.700. The first-order valence-electron chi connectivity index (χ1n) is 5.14. The van der Waals surface area contributed by atoms with E-state index in [2.05, 4.69) is 16.5 Å². The highest BCUT2D eigenvalue weighted by Crippen LogP contribution is 2.03. The molecule has 1 aromatic rings. The summed E-state index contributed by atoms with van der Waals surface area (Å²) < 4.78 is 2.07. The van der Waals surface area contributed by atoms with Crippen LogP contribution in [0.1, 0.15) is 25.6 Å². The van der Waals surface area contributed by atoms with Crippen LogP contribution in [0.2, 0.25) is 0 Å². The van der Waals surface area contributed by atoms with Crippen LogP contribution < -0.4 is 5.73 Å². The molecule has 1 rings (SSSR count). The lowest BCUT2D eigenvalue weighted by atomic mass is 10.2. The van der Waals surface area contributed by atoms with Gasteiger partial charge in [0.1, 0.15) is 5.82 Å². The number of nitrogens with two attached hydrogens (primary N) is 1. The molecule has 4 nitrogen and oxygen atoms in total. The fourth-order valence-electron chi connectivity index (χ4n) is 1.47. The summed E-state index contributed by atoms with van der Waals surface area (Å²) in [5, 5.41) is 8.73. The summed E-state index contributed by atoms with van der Waals surface area (Å²) in [5.74, 6) is 1.08. The van der Waals surface area contributed by atoms with E-state index in [1.807, 2.05) is 6.20 Å². The summed E-state index contributed by atoms with van der Waals surface area (Å²) >= 11 is 0. The van der Waals surface area contributed by atoms with Crippen molar-refractivity contribution in [2.75, 3.05) is 6.61 Å². The van der Waals surface area contributed by atoms with Crippen LogP contribution in [0.25, 0.3) is 0 Å². The van der Waals surface area contributed by atoms with Gasteiger partial charge in [-0.05, 0) is 12.8 Å². The number of hydrogen-bond donors (Lipinski definition) is 2. The van der Waals surface area contributed by atoms with Gasteiger partial charge in [0, 0.05) is 38.0 Å². The molecule has 0 aromatic carbocycles. The van der Waals surface area contributed by atoms with Gasteiger partial charge in [-0.3, -0.25) is 0 Å². The lowest BCUT2D eigenvalue weighted by molar-refractivity contribution is 0.269. The number of imidazole rings is 1. The highest BCUT2D eigenvalue weighted by Gasteiger charge is 2.06. The third kappa shape index (κ3) is 3.12. The first-order valence-corrected chi connectivity index (χ1v) is 5.14. The number of aryl methyl sites for hydroxylation is 1. The Labute approximate surface area is 84.8 Å². The van der Waals surface area contributed by atoms with Gasteiger partial charge in [-0.1, -0.05) is 6.92 Å². The van der Waals surface area contributed by atoms with Crippen LogP contribution in [-0.2, 0) is 13.0 Å². The molecule has 14 heavy (non-hydrogen) atoms. The van der Waals surface area contributed by atoms with Gasteiger partial charge in [0.05, 0.1) is 0 Å². The molecule has 0 saturated carbocycles. The van der Waals surface area contributed by atoms with Crippen molar-refractivity contribution in [3.05, 3.63) is 18.2 Å². The Hall–Kier alpha value is -0.870. The predicted octanol–water partition coefficient (Wildman–Crippen LogP) is 0.545. The van der Waals surface area contributed by atoms with Crippen molar-refractivity contribution < 1.29 is 5.11 Å². The van der Waals surface area contributed by atoms with E-state index in [1.165, 1.54) is 0 Å². The molecular formula is C10H19N3O. The Morgan fingerprint density at radius 2 is 2.43 bits per heavy atom. The molecule has 0 bridgehead atoms. The van der Waals surface area contributed by atoms with Crippen molar-refractivity contribution in [2.45, 2.75) is 38.8 Å². The van der Waals surface area contributed by atoms with Crippen LogP contribution in [0.4, 0.5) is 0 Å². The number of nitrogens with zero attached hydrogens (tertiary/aromatic N) is 2. The van der Waals surface area contributed by atoms with Gasteiger partial charge in [0.15, 0.2) is 0 Å². The van der Waals surface area contributed by atoms with Crippen molar-refractivity contribution in [2.24, 2.45) is 5.73 Å². The molecule has 4 heteroatoms. The number of aliphatic hydroxyl groups is 1. The Balaban J connectivity index is 2.52. The molecule has 0 aliphatic heterocycles. The highest BCUT2D eigenvalue weighted by molar-refractivity contribution is 4.93. The number of rotatable bonds is 6. The smallest absolute Gasteiger partial charge is 0.108 e. The van der Waals surface area contributed by atoms with Crippen molar-refractivity contribution >= 4 is 0 Å². The van der Waals surface area contributed by atoms with E-state index in [1.54, 1.807) is 6.20 Å². The Kier molecular flexibility index (Phi) is 4.62. The molecule has 0 fully saturated rings. The van der Waals surface area contributed by atoms with Gasteiger partial charge >= 0.3 is 0 Å². The normalized spacial score (nSPS) is 13.1. The molecule has 0 aliphatic carbocycles. The largest absolute Gasteiger partial charge is 0.396 e. The van der Waals surface area contributed by atoms with E-state index in [0.29, 0.717) is 6.42 Å². The second kappa shape index (κ2) is 5.78.